The van der Waals surface area contributed by atoms with Gasteiger partial charge >= 0.3 is 5.69 Å². The second kappa shape index (κ2) is 7.14. The minimum absolute atomic E-state index is 0.0223. The first-order chi connectivity index (χ1) is 10.8. The monoisotopic (exact) mass is 341 g/mol. The van der Waals surface area contributed by atoms with E-state index in [0.29, 0.717) is 19.6 Å². The zero-order valence-electron chi connectivity index (χ0n) is 13.0. The Labute approximate surface area is 139 Å². The number of likely N-dealkylation sites (tertiary alicyclic amines) is 1. The van der Waals surface area contributed by atoms with Gasteiger partial charge in [-0.15, -0.1) is 0 Å². The Bertz CT molecular complexity index is 610. The molecule has 126 valence electrons. The highest BCUT2D eigenvalue weighted by Crippen LogP contribution is 2.31. The summed E-state index contributed by atoms with van der Waals surface area (Å²) in [6.45, 7) is 4.02. The largest absolute Gasteiger partial charge is 0.486 e. The van der Waals surface area contributed by atoms with Crippen molar-refractivity contribution >= 4 is 23.2 Å². The third-order valence-electron chi connectivity index (χ3n) is 4.09. The van der Waals surface area contributed by atoms with Gasteiger partial charge in [0.15, 0.2) is 5.75 Å². The highest BCUT2D eigenvalue weighted by atomic mass is 35.5. The first kappa shape index (κ1) is 17.5. The van der Waals surface area contributed by atoms with Gasteiger partial charge in [-0.3, -0.25) is 14.9 Å². The molecule has 0 radical (unpaired) electrons. The molecule has 2 N–H and O–H groups in total. The number of nitro groups is 1. The number of ether oxygens (including phenoxy) is 1. The van der Waals surface area contributed by atoms with Crippen LogP contribution in [-0.2, 0) is 4.79 Å². The number of nitrogens with zero attached hydrogens (tertiary/aromatic N) is 2. The molecule has 23 heavy (non-hydrogen) atoms. The van der Waals surface area contributed by atoms with Crippen molar-refractivity contribution in [3.8, 4) is 5.75 Å². The summed E-state index contributed by atoms with van der Waals surface area (Å²) in [6, 6.07) is 4.18. The van der Waals surface area contributed by atoms with Gasteiger partial charge in [0.05, 0.1) is 18.0 Å². The molecule has 1 fully saturated rings. The summed E-state index contributed by atoms with van der Waals surface area (Å²) in [5, 5.41) is 11.2. The normalized spacial score (nSPS) is 20.6. The fourth-order valence-corrected chi connectivity index (χ4v) is 2.73. The van der Waals surface area contributed by atoms with Crippen LogP contribution in [0.2, 0.25) is 5.02 Å². The average Bonchev–Trinajstić information content (AvgIpc) is 2.92. The number of carbonyl (C=O) groups excluding carboxylic acids is 1. The molecule has 1 aliphatic heterocycles. The number of amides is 1. The number of hydrogen-bond acceptors (Lipinski definition) is 5. The quantitative estimate of drug-likeness (QED) is 0.631. The van der Waals surface area contributed by atoms with Crippen LogP contribution in [0.15, 0.2) is 18.2 Å². The van der Waals surface area contributed by atoms with Gasteiger partial charge in [0.1, 0.15) is 0 Å². The zero-order valence-corrected chi connectivity index (χ0v) is 13.7. The first-order valence-corrected chi connectivity index (χ1v) is 7.77. The minimum atomic E-state index is -0.559. The number of nitrogens with two attached hydrogens (primary N) is 1. The SMILES string of the molecule is CC1(CN)CCN(C(=O)CCOc2ccc(Cl)cc2[N+](=O)[O-])C1. The molecule has 1 heterocycles. The van der Waals surface area contributed by atoms with E-state index in [2.05, 4.69) is 6.92 Å². The van der Waals surface area contributed by atoms with Crippen molar-refractivity contribution in [2.75, 3.05) is 26.2 Å². The molecule has 1 atom stereocenters. The van der Waals surface area contributed by atoms with Crippen LogP contribution in [0.3, 0.4) is 0 Å². The number of rotatable bonds is 6. The summed E-state index contributed by atoms with van der Waals surface area (Å²) in [5.41, 5.74) is 5.50. The van der Waals surface area contributed by atoms with Gasteiger partial charge in [-0.25, -0.2) is 0 Å². The van der Waals surface area contributed by atoms with E-state index in [-0.39, 0.29) is 40.8 Å². The third kappa shape index (κ3) is 4.33. The van der Waals surface area contributed by atoms with Crippen molar-refractivity contribution in [2.45, 2.75) is 19.8 Å². The lowest BCUT2D eigenvalue weighted by atomic mass is 9.90. The molecule has 1 amide bonds. The second-order valence-electron chi connectivity index (χ2n) is 6.05. The third-order valence-corrected chi connectivity index (χ3v) is 4.33. The summed E-state index contributed by atoms with van der Waals surface area (Å²) in [5.74, 6) is 0.0826. The Kier molecular flexibility index (Phi) is 5.43. The van der Waals surface area contributed by atoms with Crippen LogP contribution in [-0.4, -0.2) is 42.0 Å². The Morgan fingerprint density at radius 2 is 2.30 bits per heavy atom. The molecule has 1 aromatic rings. The zero-order chi connectivity index (χ0) is 17.0. The Morgan fingerprint density at radius 1 is 1.57 bits per heavy atom. The molecule has 0 bridgehead atoms. The fraction of sp³-hybridized carbons (Fsp3) is 0.533. The van der Waals surface area contributed by atoms with Crippen molar-refractivity contribution in [1.82, 2.24) is 4.90 Å². The molecule has 1 unspecified atom stereocenters. The lowest BCUT2D eigenvalue weighted by Gasteiger charge is -2.22. The van der Waals surface area contributed by atoms with E-state index in [0.717, 1.165) is 6.42 Å². The second-order valence-corrected chi connectivity index (χ2v) is 6.48. The van der Waals surface area contributed by atoms with Crippen LogP contribution in [0.4, 0.5) is 5.69 Å². The minimum Gasteiger partial charge on any atom is -0.486 e. The molecule has 1 aliphatic rings. The van der Waals surface area contributed by atoms with Gasteiger partial charge in [0.2, 0.25) is 5.91 Å². The topological polar surface area (TPSA) is 98.7 Å². The number of carbonyl (C=O) groups is 1. The molecule has 0 aromatic heterocycles. The highest BCUT2D eigenvalue weighted by molar-refractivity contribution is 6.30. The van der Waals surface area contributed by atoms with E-state index >= 15 is 0 Å². The van der Waals surface area contributed by atoms with Crippen molar-refractivity contribution < 1.29 is 14.5 Å². The van der Waals surface area contributed by atoms with Crippen molar-refractivity contribution in [2.24, 2.45) is 11.1 Å². The fourth-order valence-electron chi connectivity index (χ4n) is 2.56. The maximum atomic E-state index is 12.2. The average molecular weight is 342 g/mol. The van der Waals surface area contributed by atoms with E-state index < -0.39 is 4.92 Å². The van der Waals surface area contributed by atoms with E-state index in [1.807, 2.05) is 0 Å². The molecule has 0 spiro atoms. The summed E-state index contributed by atoms with van der Waals surface area (Å²) >= 11 is 5.74. The van der Waals surface area contributed by atoms with Crippen LogP contribution in [0.5, 0.6) is 5.75 Å². The molecule has 0 aliphatic carbocycles. The predicted molar refractivity (Wildman–Crippen MR) is 86.6 cm³/mol. The smallest absolute Gasteiger partial charge is 0.312 e. The van der Waals surface area contributed by atoms with Gasteiger partial charge in [0, 0.05) is 24.2 Å². The lowest BCUT2D eigenvalue weighted by Crippen LogP contribution is -2.35. The lowest BCUT2D eigenvalue weighted by molar-refractivity contribution is -0.385. The summed E-state index contributed by atoms with van der Waals surface area (Å²) in [4.78, 5) is 24.3. The van der Waals surface area contributed by atoms with Crippen LogP contribution in [0, 0.1) is 15.5 Å². The molecule has 0 saturated carbocycles. The Morgan fingerprint density at radius 3 is 2.91 bits per heavy atom. The molecule has 1 saturated heterocycles. The number of benzene rings is 1. The summed E-state index contributed by atoms with van der Waals surface area (Å²) in [7, 11) is 0. The number of hydrogen-bond donors (Lipinski definition) is 1. The van der Waals surface area contributed by atoms with Crippen LogP contribution in [0.25, 0.3) is 0 Å². The van der Waals surface area contributed by atoms with Crippen LogP contribution < -0.4 is 10.5 Å². The van der Waals surface area contributed by atoms with E-state index in [9.17, 15) is 14.9 Å². The van der Waals surface area contributed by atoms with Gasteiger partial charge in [0.25, 0.3) is 0 Å². The van der Waals surface area contributed by atoms with Crippen LogP contribution >= 0.6 is 11.6 Å². The molecular formula is C15H20ClN3O4. The Balaban J connectivity index is 1.88. The van der Waals surface area contributed by atoms with Crippen molar-refractivity contribution in [1.29, 1.82) is 0 Å². The molecule has 2 rings (SSSR count). The number of halogens is 1. The van der Waals surface area contributed by atoms with Gasteiger partial charge in [-0.1, -0.05) is 18.5 Å². The summed E-state index contributed by atoms with van der Waals surface area (Å²) in [6.07, 6.45) is 1.05. The molecule has 1 aromatic carbocycles. The Hall–Kier alpha value is -1.86. The molecular weight excluding hydrogens is 322 g/mol. The molecule has 8 heteroatoms. The predicted octanol–water partition coefficient (Wildman–Crippen LogP) is 2.21. The van der Waals surface area contributed by atoms with Crippen molar-refractivity contribution in [3.63, 3.8) is 0 Å². The summed E-state index contributed by atoms with van der Waals surface area (Å²) < 4.78 is 5.39. The van der Waals surface area contributed by atoms with Crippen LogP contribution in [0.1, 0.15) is 19.8 Å². The van der Waals surface area contributed by atoms with Gasteiger partial charge in [-0.05, 0) is 30.5 Å². The highest BCUT2D eigenvalue weighted by Gasteiger charge is 2.34. The maximum Gasteiger partial charge on any atom is 0.312 e. The van der Waals surface area contributed by atoms with Crippen molar-refractivity contribution in [3.05, 3.63) is 33.3 Å². The first-order valence-electron chi connectivity index (χ1n) is 7.39. The van der Waals surface area contributed by atoms with E-state index in [1.54, 1.807) is 4.90 Å². The maximum absolute atomic E-state index is 12.2. The van der Waals surface area contributed by atoms with Gasteiger partial charge < -0.3 is 15.4 Å². The van der Waals surface area contributed by atoms with E-state index in [1.165, 1.54) is 18.2 Å². The standard InChI is InChI=1S/C15H20ClN3O4/c1-15(9-17)5-6-18(10-15)14(20)4-7-23-13-3-2-11(16)8-12(13)19(21)22/h2-3,8H,4-7,9-10,17H2,1H3. The van der Waals surface area contributed by atoms with Gasteiger partial charge in [-0.2, -0.15) is 0 Å². The molecule has 7 nitrogen and oxygen atoms in total. The van der Waals surface area contributed by atoms with E-state index in [4.69, 9.17) is 22.1 Å². The number of nitro benzene ring substituents is 1.